The Labute approximate surface area is 187 Å². The summed E-state index contributed by atoms with van der Waals surface area (Å²) < 4.78 is 63.4. The smallest absolute Gasteiger partial charge is 0.259 e. The van der Waals surface area contributed by atoms with Crippen molar-refractivity contribution in [3.05, 3.63) is 48.0 Å². The second-order valence-corrected chi connectivity index (χ2v) is 10.9. The first kappa shape index (κ1) is 24.0. The maximum Gasteiger partial charge on any atom is 0.259 e. The number of nitrogens with zero attached hydrogens (tertiary/aromatic N) is 1. The van der Waals surface area contributed by atoms with Gasteiger partial charge in [-0.15, -0.1) is 0 Å². The van der Waals surface area contributed by atoms with Crippen molar-refractivity contribution in [3.63, 3.8) is 0 Å². The molecule has 174 valence electrons. The Morgan fingerprint density at radius 1 is 1.03 bits per heavy atom. The van der Waals surface area contributed by atoms with Crippen molar-refractivity contribution in [2.75, 3.05) is 49.2 Å². The van der Waals surface area contributed by atoms with Gasteiger partial charge in [0.1, 0.15) is 5.75 Å². The van der Waals surface area contributed by atoms with Gasteiger partial charge in [-0.2, -0.15) is 4.31 Å². The summed E-state index contributed by atoms with van der Waals surface area (Å²) in [6.07, 6.45) is 0. The van der Waals surface area contributed by atoms with Crippen LogP contribution in [0.2, 0.25) is 0 Å². The first-order valence-electron chi connectivity index (χ1n) is 9.84. The Morgan fingerprint density at radius 3 is 2.25 bits per heavy atom. The average Bonchev–Trinajstić information content (AvgIpc) is 2.80. The predicted octanol–water partition coefficient (Wildman–Crippen LogP) is 1.73. The Bertz CT molecular complexity index is 1170. The van der Waals surface area contributed by atoms with Gasteiger partial charge >= 0.3 is 0 Å². The van der Waals surface area contributed by atoms with Gasteiger partial charge in [0.05, 0.1) is 36.5 Å². The van der Waals surface area contributed by atoms with Crippen molar-refractivity contribution in [2.45, 2.75) is 11.8 Å². The van der Waals surface area contributed by atoms with E-state index < -0.39 is 26.0 Å². The molecule has 12 heteroatoms. The SMILES string of the molecule is CCS(=O)(=O)Nc1ccc(NC(=O)c2cc(S(=O)(=O)N3CCOCC3)ccc2OC)cc1. The monoisotopic (exact) mass is 483 g/mol. The van der Waals surface area contributed by atoms with Crippen LogP contribution in [-0.2, 0) is 24.8 Å². The predicted molar refractivity (Wildman–Crippen MR) is 120 cm³/mol. The number of hydrogen-bond acceptors (Lipinski definition) is 7. The number of carbonyl (C=O) groups excluding carboxylic acids is 1. The molecule has 2 aromatic rings. The van der Waals surface area contributed by atoms with Crippen molar-refractivity contribution >= 4 is 37.3 Å². The molecular formula is C20H25N3O7S2. The number of benzene rings is 2. The summed E-state index contributed by atoms with van der Waals surface area (Å²) in [5.41, 5.74) is 0.816. The molecule has 1 fully saturated rings. The van der Waals surface area contributed by atoms with Crippen LogP contribution in [-0.4, -0.2) is 66.2 Å². The molecule has 1 heterocycles. The minimum absolute atomic E-state index is 0.0188. The maximum atomic E-state index is 12.9. The topological polar surface area (TPSA) is 131 Å². The molecule has 1 amide bonds. The number of ether oxygens (including phenoxy) is 2. The van der Waals surface area contributed by atoms with Gasteiger partial charge in [0.15, 0.2) is 0 Å². The fourth-order valence-electron chi connectivity index (χ4n) is 3.03. The quantitative estimate of drug-likeness (QED) is 0.585. The lowest BCUT2D eigenvalue weighted by atomic mass is 10.1. The van der Waals surface area contributed by atoms with E-state index in [1.807, 2.05) is 0 Å². The van der Waals surface area contributed by atoms with Gasteiger partial charge in [0.2, 0.25) is 20.0 Å². The molecule has 0 radical (unpaired) electrons. The van der Waals surface area contributed by atoms with Crippen LogP contribution in [0.4, 0.5) is 11.4 Å². The van der Waals surface area contributed by atoms with Crippen molar-refractivity contribution in [1.29, 1.82) is 0 Å². The minimum Gasteiger partial charge on any atom is -0.496 e. The highest BCUT2D eigenvalue weighted by Gasteiger charge is 2.28. The first-order valence-corrected chi connectivity index (χ1v) is 12.9. The van der Waals surface area contributed by atoms with Gasteiger partial charge in [0, 0.05) is 24.5 Å². The maximum absolute atomic E-state index is 12.9. The number of methoxy groups -OCH3 is 1. The van der Waals surface area contributed by atoms with E-state index in [0.717, 1.165) is 0 Å². The number of carbonyl (C=O) groups is 1. The second-order valence-electron chi connectivity index (χ2n) is 6.92. The third-order valence-corrected chi connectivity index (χ3v) is 8.02. The van der Waals surface area contributed by atoms with E-state index in [1.54, 1.807) is 0 Å². The van der Waals surface area contributed by atoms with Crippen LogP contribution >= 0.6 is 0 Å². The number of anilines is 2. The largest absolute Gasteiger partial charge is 0.496 e. The van der Waals surface area contributed by atoms with Gasteiger partial charge < -0.3 is 14.8 Å². The normalized spacial score (nSPS) is 15.2. The van der Waals surface area contributed by atoms with Crippen molar-refractivity contribution < 1.29 is 31.1 Å². The first-order chi connectivity index (χ1) is 15.2. The lowest BCUT2D eigenvalue weighted by Crippen LogP contribution is -2.40. The van der Waals surface area contributed by atoms with Crippen LogP contribution in [0.5, 0.6) is 5.75 Å². The van der Waals surface area contributed by atoms with E-state index in [1.165, 1.54) is 60.8 Å². The van der Waals surface area contributed by atoms with Gasteiger partial charge in [-0.3, -0.25) is 9.52 Å². The van der Waals surface area contributed by atoms with Gasteiger partial charge in [-0.05, 0) is 49.4 Å². The minimum atomic E-state index is -3.79. The zero-order valence-corrected chi connectivity index (χ0v) is 19.3. The number of morpholine rings is 1. The molecule has 0 aliphatic carbocycles. The summed E-state index contributed by atoms with van der Waals surface area (Å²) >= 11 is 0. The molecule has 32 heavy (non-hydrogen) atoms. The average molecular weight is 484 g/mol. The Hall–Kier alpha value is -2.67. The van der Waals surface area contributed by atoms with E-state index in [2.05, 4.69) is 10.0 Å². The zero-order chi connectivity index (χ0) is 23.4. The van der Waals surface area contributed by atoms with Crippen LogP contribution in [0.1, 0.15) is 17.3 Å². The highest BCUT2D eigenvalue weighted by molar-refractivity contribution is 7.92. The fraction of sp³-hybridized carbons (Fsp3) is 0.350. The Kier molecular flexibility index (Phi) is 7.39. The standard InChI is InChI=1S/C20H25N3O7S2/c1-3-31(25,26)22-16-6-4-15(5-7-16)21-20(24)18-14-17(8-9-19(18)29-2)32(27,28)23-10-12-30-13-11-23/h4-9,14,22H,3,10-13H2,1-2H3,(H,21,24). The number of nitrogens with one attached hydrogen (secondary N) is 2. The van der Waals surface area contributed by atoms with Gasteiger partial charge in [0.25, 0.3) is 5.91 Å². The van der Waals surface area contributed by atoms with E-state index in [0.29, 0.717) is 24.6 Å². The van der Waals surface area contributed by atoms with Crippen LogP contribution in [0.15, 0.2) is 47.4 Å². The van der Waals surface area contributed by atoms with Gasteiger partial charge in [-0.25, -0.2) is 16.8 Å². The van der Waals surface area contributed by atoms with Crippen LogP contribution < -0.4 is 14.8 Å². The number of amides is 1. The molecule has 0 spiro atoms. The van der Waals surface area contributed by atoms with Crippen LogP contribution in [0.3, 0.4) is 0 Å². The summed E-state index contributed by atoms with van der Waals surface area (Å²) in [5.74, 6) is -0.409. The molecule has 1 aliphatic heterocycles. The molecule has 3 rings (SSSR count). The highest BCUT2D eigenvalue weighted by atomic mass is 32.2. The summed E-state index contributed by atoms with van der Waals surface area (Å²) in [7, 11) is -5.81. The molecule has 0 saturated carbocycles. The molecule has 0 bridgehead atoms. The Morgan fingerprint density at radius 2 is 1.66 bits per heavy atom. The molecular weight excluding hydrogens is 458 g/mol. The summed E-state index contributed by atoms with van der Waals surface area (Å²) in [5, 5.41) is 2.67. The summed E-state index contributed by atoms with van der Waals surface area (Å²) in [6, 6.07) is 10.2. The Balaban J connectivity index is 1.82. The molecule has 0 unspecified atom stereocenters. The fourth-order valence-corrected chi connectivity index (χ4v) is 5.11. The van der Waals surface area contributed by atoms with Gasteiger partial charge in [-0.1, -0.05) is 0 Å². The lowest BCUT2D eigenvalue weighted by Gasteiger charge is -2.26. The third kappa shape index (κ3) is 5.57. The second kappa shape index (κ2) is 9.86. The van der Waals surface area contributed by atoms with E-state index in [9.17, 15) is 21.6 Å². The number of hydrogen-bond donors (Lipinski definition) is 2. The van der Waals surface area contributed by atoms with Crippen molar-refractivity contribution in [1.82, 2.24) is 4.31 Å². The van der Waals surface area contributed by atoms with Crippen LogP contribution in [0, 0.1) is 0 Å². The van der Waals surface area contributed by atoms with E-state index >= 15 is 0 Å². The van der Waals surface area contributed by atoms with E-state index in [4.69, 9.17) is 9.47 Å². The van der Waals surface area contributed by atoms with E-state index in [-0.39, 0.29) is 35.1 Å². The summed E-state index contributed by atoms with van der Waals surface area (Å²) in [4.78, 5) is 12.9. The molecule has 2 aromatic carbocycles. The molecule has 1 aliphatic rings. The number of sulfonamides is 2. The number of rotatable bonds is 8. The van der Waals surface area contributed by atoms with Crippen molar-refractivity contribution in [3.8, 4) is 5.75 Å². The third-order valence-electron chi connectivity index (χ3n) is 4.82. The molecule has 2 N–H and O–H groups in total. The highest BCUT2D eigenvalue weighted by Crippen LogP contribution is 2.26. The van der Waals surface area contributed by atoms with Crippen molar-refractivity contribution in [2.24, 2.45) is 0 Å². The zero-order valence-electron chi connectivity index (χ0n) is 17.7. The summed E-state index contributed by atoms with van der Waals surface area (Å²) in [6.45, 7) is 2.63. The lowest BCUT2D eigenvalue weighted by molar-refractivity contribution is 0.0730. The van der Waals surface area contributed by atoms with Crippen LogP contribution in [0.25, 0.3) is 0 Å². The molecule has 0 aromatic heterocycles. The molecule has 10 nitrogen and oxygen atoms in total. The molecule has 1 saturated heterocycles. The molecule has 0 atom stereocenters.